The largest absolute Gasteiger partial charge is 0.872 e. The topological polar surface area (TPSA) is 125 Å². The number of hydrogen-bond acceptors (Lipinski definition) is 7. The van der Waals surface area contributed by atoms with Gasteiger partial charge in [-0.25, -0.2) is 5.21 Å². The second kappa shape index (κ2) is 5.76. The lowest BCUT2D eigenvalue weighted by Gasteiger charge is -2.39. The summed E-state index contributed by atoms with van der Waals surface area (Å²) in [5, 5.41) is 63.4. The van der Waals surface area contributed by atoms with E-state index in [0.29, 0.717) is 14.5 Å². The first kappa shape index (κ1) is 21.2. The molecule has 2 heterocycles. The van der Waals surface area contributed by atoms with Gasteiger partial charge in [0.2, 0.25) is 0 Å². The lowest BCUT2D eigenvalue weighted by atomic mass is 9.84. The fourth-order valence-electron chi connectivity index (χ4n) is 3.56. The van der Waals surface area contributed by atoms with E-state index in [-0.39, 0.29) is 22.8 Å². The minimum Gasteiger partial charge on any atom is -0.872 e. The van der Waals surface area contributed by atoms with Gasteiger partial charge in [0.05, 0.1) is 11.1 Å². The van der Waals surface area contributed by atoms with Crippen molar-refractivity contribution in [1.29, 1.82) is 0 Å². The molecule has 0 saturated heterocycles. The van der Waals surface area contributed by atoms with Crippen molar-refractivity contribution >= 4 is 11.7 Å². The van der Waals surface area contributed by atoms with Crippen molar-refractivity contribution in [3.05, 3.63) is 44.9 Å². The number of amidine groups is 2. The second-order valence-corrected chi connectivity index (χ2v) is 9.82. The predicted molar refractivity (Wildman–Crippen MR) is 107 cm³/mol. The fourth-order valence-corrected chi connectivity index (χ4v) is 3.56. The van der Waals surface area contributed by atoms with Gasteiger partial charge in [0, 0.05) is 0 Å². The van der Waals surface area contributed by atoms with Gasteiger partial charge < -0.3 is 20.7 Å². The molecule has 160 valence electrons. The molecule has 0 atom stereocenters. The maximum Gasteiger partial charge on any atom is 0.313 e. The summed E-state index contributed by atoms with van der Waals surface area (Å²) in [5.74, 6) is -0.782. The Balaban J connectivity index is 2.22. The normalized spacial score (nSPS) is 24.6. The van der Waals surface area contributed by atoms with Crippen molar-refractivity contribution in [2.75, 3.05) is 0 Å². The molecular weight excluding hydrogens is 376 g/mol. The van der Waals surface area contributed by atoms with Gasteiger partial charge in [0.1, 0.15) is 16.6 Å². The summed E-state index contributed by atoms with van der Waals surface area (Å²) in [4.78, 5) is 0. The van der Waals surface area contributed by atoms with Crippen LogP contribution in [0.4, 0.5) is 0 Å². The highest BCUT2D eigenvalue weighted by atomic mass is 16.5. The van der Waals surface area contributed by atoms with Gasteiger partial charge in [0.25, 0.3) is 5.84 Å². The fraction of sp³-hybridized carbons (Fsp3) is 0.600. The third-order valence-electron chi connectivity index (χ3n) is 7.25. The highest BCUT2D eigenvalue weighted by Crippen LogP contribution is 2.40. The van der Waals surface area contributed by atoms with Gasteiger partial charge in [-0.15, -0.1) is 10.8 Å². The molecule has 2 aliphatic rings. The smallest absolute Gasteiger partial charge is 0.313 e. The Hall–Kier alpha value is -2.52. The van der Waals surface area contributed by atoms with Crippen molar-refractivity contribution in [1.82, 2.24) is 10.1 Å². The quantitative estimate of drug-likeness (QED) is 0.589. The SMILES string of the molecule is CC1(C)N([O-])C(c2cc([O-])cc(C3=[N+]([O-])C(C)(C)C(C)(C)N3O)c2)=[N+]([O-])C1(C)C. The molecule has 1 aromatic carbocycles. The van der Waals surface area contributed by atoms with E-state index in [1.54, 1.807) is 55.4 Å². The Bertz CT molecular complexity index is 874. The third-order valence-corrected chi connectivity index (χ3v) is 7.25. The Morgan fingerprint density at radius 3 is 1.55 bits per heavy atom. The van der Waals surface area contributed by atoms with Crippen molar-refractivity contribution in [2.45, 2.75) is 77.5 Å². The minimum atomic E-state index is -1.04. The van der Waals surface area contributed by atoms with E-state index in [1.165, 1.54) is 18.2 Å². The van der Waals surface area contributed by atoms with E-state index in [4.69, 9.17) is 0 Å². The molecule has 0 amide bonds. The Morgan fingerprint density at radius 2 is 1.17 bits per heavy atom. The van der Waals surface area contributed by atoms with Gasteiger partial charge in [-0.2, -0.15) is 0 Å². The maximum atomic E-state index is 13.0. The molecule has 0 unspecified atom stereocenters. The maximum absolute atomic E-state index is 13.0. The predicted octanol–water partition coefficient (Wildman–Crippen LogP) is 1.91. The Morgan fingerprint density at radius 1 is 0.759 bits per heavy atom. The van der Waals surface area contributed by atoms with Crippen LogP contribution in [0.15, 0.2) is 18.2 Å². The van der Waals surface area contributed by atoms with Crippen LogP contribution >= 0.6 is 0 Å². The van der Waals surface area contributed by atoms with Crippen LogP contribution in [-0.4, -0.2) is 58.6 Å². The molecule has 0 bridgehead atoms. The summed E-state index contributed by atoms with van der Waals surface area (Å²) >= 11 is 0. The average molecular weight is 404 g/mol. The summed E-state index contributed by atoms with van der Waals surface area (Å²) in [6.07, 6.45) is 0. The first-order chi connectivity index (χ1) is 13.0. The van der Waals surface area contributed by atoms with Crippen molar-refractivity contribution in [3.8, 4) is 5.75 Å². The van der Waals surface area contributed by atoms with E-state index < -0.39 is 27.9 Å². The van der Waals surface area contributed by atoms with E-state index in [1.807, 2.05) is 0 Å². The molecule has 2 aliphatic heterocycles. The van der Waals surface area contributed by atoms with Crippen molar-refractivity contribution in [2.24, 2.45) is 0 Å². The van der Waals surface area contributed by atoms with Crippen LogP contribution in [0.25, 0.3) is 0 Å². The zero-order valence-corrected chi connectivity index (χ0v) is 18.1. The van der Waals surface area contributed by atoms with Gasteiger partial charge in [-0.05, 0) is 61.5 Å². The average Bonchev–Trinajstić information content (AvgIpc) is 2.78. The first-order valence-electron chi connectivity index (χ1n) is 9.47. The molecular formula is C20H28N4O5-2. The minimum absolute atomic E-state index is 0.105. The number of rotatable bonds is 2. The third kappa shape index (κ3) is 2.47. The highest BCUT2D eigenvalue weighted by Gasteiger charge is 2.59. The molecule has 9 heteroatoms. The van der Waals surface area contributed by atoms with E-state index in [2.05, 4.69) is 0 Å². The Labute approximate surface area is 170 Å². The van der Waals surface area contributed by atoms with E-state index >= 15 is 0 Å². The van der Waals surface area contributed by atoms with Crippen molar-refractivity contribution in [3.63, 3.8) is 0 Å². The van der Waals surface area contributed by atoms with Crippen LogP contribution in [0.1, 0.15) is 66.5 Å². The summed E-state index contributed by atoms with van der Waals surface area (Å²) in [7, 11) is 0. The van der Waals surface area contributed by atoms with Crippen LogP contribution in [0.2, 0.25) is 0 Å². The molecule has 9 nitrogen and oxygen atoms in total. The molecule has 1 N–H and O–H groups in total. The van der Waals surface area contributed by atoms with Gasteiger partial charge in [-0.3, -0.25) is 14.5 Å². The molecule has 0 aliphatic carbocycles. The zero-order valence-electron chi connectivity index (χ0n) is 18.1. The second-order valence-electron chi connectivity index (χ2n) is 9.82. The lowest BCUT2D eigenvalue weighted by Crippen LogP contribution is -2.53. The molecule has 0 radical (unpaired) electrons. The summed E-state index contributed by atoms with van der Waals surface area (Å²) in [6.45, 7) is 13.4. The van der Waals surface area contributed by atoms with Crippen LogP contribution in [0.3, 0.4) is 0 Å². The van der Waals surface area contributed by atoms with Gasteiger partial charge in [0.15, 0.2) is 5.54 Å². The van der Waals surface area contributed by atoms with Crippen LogP contribution in [0.5, 0.6) is 5.75 Å². The molecule has 0 saturated carbocycles. The summed E-state index contributed by atoms with van der Waals surface area (Å²) in [6, 6.07) is 3.82. The van der Waals surface area contributed by atoms with Gasteiger partial charge in [-0.1, -0.05) is 12.1 Å². The molecule has 1 aromatic rings. The van der Waals surface area contributed by atoms with E-state index in [0.717, 1.165) is 5.06 Å². The van der Waals surface area contributed by atoms with Crippen LogP contribution < -0.4 is 5.11 Å². The number of nitrogens with zero attached hydrogens (tertiary/aromatic N) is 4. The Kier molecular flexibility index (Phi) is 4.21. The first-order valence-corrected chi connectivity index (χ1v) is 9.47. The monoisotopic (exact) mass is 404 g/mol. The lowest BCUT2D eigenvalue weighted by molar-refractivity contribution is -0.539. The van der Waals surface area contributed by atoms with Crippen LogP contribution in [0, 0.1) is 15.6 Å². The molecule has 0 aromatic heterocycles. The van der Waals surface area contributed by atoms with Gasteiger partial charge >= 0.3 is 5.84 Å². The van der Waals surface area contributed by atoms with E-state index in [9.17, 15) is 25.9 Å². The molecule has 0 fully saturated rings. The van der Waals surface area contributed by atoms with Crippen molar-refractivity contribution < 1.29 is 19.8 Å². The van der Waals surface area contributed by atoms with Crippen LogP contribution in [-0.2, 0) is 0 Å². The number of hydroxylamine groups is 6. The summed E-state index contributed by atoms with van der Waals surface area (Å²) < 4.78 is 1.26. The summed E-state index contributed by atoms with van der Waals surface area (Å²) in [5.41, 5.74) is -3.77. The standard InChI is InChI=1S/C20H29N4O5/c1-17(2)18(3,4)22(27)15(21(17)26)12-9-13(11-14(25)10-12)16-23(28)19(5,6)20(7,8)24(16)29/h9-11,25-26H,1-8H3/q-1/p-1. The molecule has 0 spiro atoms. The number of benzene rings is 1. The molecule has 29 heavy (non-hydrogen) atoms. The molecule has 3 rings (SSSR count). The zero-order chi connectivity index (χ0) is 22.3. The highest BCUT2D eigenvalue weighted by molar-refractivity contribution is 6.02. The number of hydrogen-bond donors (Lipinski definition) is 1.